The van der Waals surface area contributed by atoms with Crippen molar-refractivity contribution >= 4 is 29.7 Å². The summed E-state index contributed by atoms with van der Waals surface area (Å²) in [6, 6.07) is -3.28. The second-order valence-corrected chi connectivity index (χ2v) is 7.68. The lowest BCUT2D eigenvalue weighted by atomic mass is 10.0. The highest BCUT2D eigenvalue weighted by Crippen LogP contribution is 2.08. The molecule has 0 spiro atoms. The van der Waals surface area contributed by atoms with Crippen molar-refractivity contribution in [1.82, 2.24) is 25.9 Å². The molecule has 0 aromatic carbocycles. The van der Waals surface area contributed by atoms with Crippen LogP contribution >= 0.6 is 0 Å². The van der Waals surface area contributed by atoms with Crippen molar-refractivity contribution in [2.45, 2.75) is 57.7 Å². The van der Waals surface area contributed by atoms with Crippen LogP contribution in [0.1, 0.15) is 38.8 Å². The zero-order valence-corrected chi connectivity index (χ0v) is 18.0. The van der Waals surface area contributed by atoms with E-state index in [2.05, 4.69) is 25.9 Å². The van der Waals surface area contributed by atoms with Gasteiger partial charge in [-0.05, 0) is 18.8 Å². The molecule has 0 saturated carbocycles. The Labute approximate surface area is 184 Å². The second-order valence-electron chi connectivity index (χ2n) is 7.68. The van der Waals surface area contributed by atoms with Gasteiger partial charge in [-0.2, -0.15) is 0 Å². The van der Waals surface area contributed by atoms with Gasteiger partial charge in [-0.3, -0.25) is 24.0 Å². The molecule has 1 rings (SSSR count). The third-order valence-corrected chi connectivity index (χ3v) is 4.37. The van der Waals surface area contributed by atoms with Gasteiger partial charge in [0, 0.05) is 24.7 Å². The molecule has 178 valence electrons. The number of hydrogen-bond donors (Lipinski definition) is 7. The van der Waals surface area contributed by atoms with Crippen LogP contribution in [0.2, 0.25) is 0 Å². The van der Waals surface area contributed by atoms with E-state index in [1.807, 2.05) is 13.8 Å². The van der Waals surface area contributed by atoms with Crippen LogP contribution in [-0.4, -0.2) is 74.5 Å². The van der Waals surface area contributed by atoms with Gasteiger partial charge in [-0.1, -0.05) is 13.8 Å². The summed E-state index contributed by atoms with van der Waals surface area (Å²) in [4.78, 5) is 65.8. The fourth-order valence-electron chi connectivity index (χ4n) is 2.80. The summed E-state index contributed by atoms with van der Waals surface area (Å²) in [5, 5.41) is 24.7. The molecule has 0 aliphatic heterocycles. The number of nitrogens with one attached hydrogen (secondary N) is 4. The minimum absolute atomic E-state index is 0.00631. The zero-order valence-electron chi connectivity index (χ0n) is 18.0. The first-order valence-electron chi connectivity index (χ1n) is 10.0. The standard InChI is InChI=1S/C19H30N6O7/c1-10(2)5-14(25-17(30)12(20)6-11-7-21-9-23-11)19(32)24-13(3-4-15(26)27)18(31)22-8-16(28)29/h7,9-10,12-14H,3-6,8,20H2,1-2H3,(H,21,23)(H,22,31)(H,24,32)(H,25,30)(H,26,27)(H,28,29). The summed E-state index contributed by atoms with van der Waals surface area (Å²) < 4.78 is 0. The van der Waals surface area contributed by atoms with Gasteiger partial charge in [0.25, 0.3) is 0 Å². The molecule has 3 unspecified atom stereocenters. The van der Waals surface area contributed by atoms with E-state index in [-0.39, 0.29) is 25.2 Å². The number of carboxylic acids is 2. The summed E-state index contributed by atoms with van der Waals surface area (Å²) in [6.45, 7) is 2.98. The molecule has 32 heavy (non-hydrogen) atoms. The topological polar surface area (TPSA) is 217 Å². The number of carbonyl (C=O) groups is 5. The molecular formula is C19H30N6O7. The molecule has 1 aromatic heterocycles. The van der Waals surface area contributed by atoms with Crippen molar-refractivity contribution in [3.63, 3.8) is 0 Å². The smallest absolute Gasteiger partial charge is 0.322 e. The number of carbonyl (C=O) groups excluding carboxylic acids is 3. The molecule has 0 aliphatic carbocycles. The third kappa shape index (κ3) is 10.0. The fraction of sp³-hybridized carbons (Fsp3) is 0.579. The average molecular weight is 454 g/mol. The van der Waals surface area contributed by atoms with Crippen molar-refractivity contribution in [3.05, 3.63) is 18.2 Å². The summed E-state index contributed by atoms with van der Waals surface area (Å²) in [5.74, 6) is -4.62. The van der Waals surface area contributed by atoms with Crippen LogP contribution in [0.5, 0.6) is 0 Å². The van der Waals surface area contributed by atoms with E-state index < -0.39 is 60.8 Å². The number of nitrogens with zero attached hydrogens (tertiary/aromatic N) is 1. The van der Waals surface area contributed by atoms with Crippen LogP contribution in [0.3, 0.4) is 0 Å². The Morgan fingerprint density at radius 2 is 1.69 bits per heavy atom. The van der Waals surface area contributed by atoms with Gasteiger partial charge in [0.05, 0.1) is 12.4 Å². The van der Waals surface area contributed by atoms with Gasteiger partial charge in [0.1, 0.15) is 18.6 Å². The van der Waals surface area contributed by atoms with E-state index in [0.29, 0.717) is 5.69 Å². The molecule has 0 saturated heterocycles. The molecule has 13 heteroatoms. The Kier molecular flexibility index (Phi) is 10.8. The van der Waals surface area contributed by atoms with Gasteiger partial charge in [0.2, 0.25) is 17.7 Å². The molecule has 1 heterocycles. The molecular weight excluding hydrogens is 424 g/mol. The first kappa shape index (κ1) is 26.6. The Morgan fingerprint density at radius 1 is 1.03 bits per heavy atom. The normalized spacial score (nSPS) is 13.6. The van der Waals surface area contributed by atoms with Gasteiger partial charge in [-0.25, -0.2) is 4.98 Å². The van der Waals surface area contributed by atoms with Gasteiger partial charge >= 0.3 is 11.9 Å². The Balaban J connectivity index is 2.85. The summed E-state index contributed by atoms with van der Waals surface area (Å²) in [5.41, 5.74) is 6.55. The SMILES string of the molecule is CC(C)CC(NC(=O)C(N)Cc1cnc[nH]1)C(=O)NC(CCC(=O)O)C(=O)NCC(=O)O. The summed E-state index contributed by atoms with van der Waals surface area (Å²) in [7, 11) is 0. The van der Waals surface area contributed by atoms with E-state index >= 15 is 0 Å². The summed E-state index contributed by atoms with van der Waals surface area (Å²) >= 11 is 0. The molecule has 0 aliphatic rings. The van der Waals surface area contributed by atoms with Crippen molar-refractivity contribution in [1.29, 1.82) is 0 Å². The van der Waals surface area contributed by atoms with Crippen LogP contribution < -0.4 is 21.7 Å². The van der Waals surface area contributed by atoms with Gasteiger partial charge < -0.3 is 36.9 Å². The van der Waals surface area contributed by atoms with Crippen molar-refractivity contribution < 1.29 is 34.2 Å². The number of aromatic amines is 1. The maximum atomic E-state index is 12.8. The average Bonchev–Trinajstić information content (AvgIpc) is 3.20. The lowest BCUT2D eigenvalue weighted by molar-refractivity contribution is -0.140. The molecule has 3 amide bonds. The maximum Gasteiger partial charge on any atom is 0.322 e. The second kappa shape index (κ2) is 13.0. The minimum atomic E-state index is -1.29. The Bertz CT molecular complexity index is 796. The van der Waals surface area contributed by atoms with E-state index in [4.69, 9.17) is 15.9 Å². The van der Waals surface area contributed by atoms with E-state index in [0.717, 1.165) is 0 Å². The largest absolute Gasteiger partial charge is 0.481 e. The molecule has 1 aromatic rings. The number of amides is 3. The van der Waals surface area contributed by atoms with Crippen molar-refractivity contribution in [3.8, 4) is 0 Å². The highest BCUT2D eigenvalue weighted by molar-refractivity contribution is 5.93. The third-order valence-electron chi connectivity index (χ3n) is 4.37. The highest BCUT2D eigenvalue weighted by atomic mass is 16.4. The number of H-pyrrole nitrogens is 1. The van der Waals surface area contributed by atoms with Crippen molar-refractivity contribution in [2.24, 2.45) is 11.7 Å². The molecule has 13 nitrogen and oxygen atoms in total. The monoisotopic (exact) mass is 454 g/mol. The number of nitrogens with two attached hydrogens (primary N) is 1. The lowest BCUT2D eigenvalue weighted by Gasteiger charge is -2.25. The predicted molar refractivity (Wildman–Crippen MR) is 111 cm³/mol. The Hall–Kier alpha value is -3.48. The molecule has 3 atom stereocenters. The zero-order chi connectivity index (χ0) is 24.3. The maximum absolute atomic E-state index is 12.8. The first-order chi connectivity index (χ1) is 15.0. The van der Waals surface area contributed by atoms with Crippen LogP contribution in [0.4, 0.5) is 0 Å². The number of aliphatic carboxylic acids is 2. The van der Waals surface area contributed by atoms with Crippen LogP contribution in [0.25, 0.3) is 0 Å². The van der Waals surface area contributed by atoms with Crippen LogP contribution in [0, 0.1) is 5.92 Å². The summed E-state index contributed by atoms with van der Waals surface area (Å²) in [6.07, 6.45) is 2.68. The van der Waals surface area contributed by atoms with Crippen LogP contribution in [-0.2, 0) is 30.4 Å². The number of rotatable bonds is 14. The van der Waals surface area contributed by atoms with Gasteiger partial charge in [-0.15, -0.1) is 0 Å². The highest BCUT2D eigenvalue weighted by Gasteiger charge is 2.29. The fourth-order valence-corrected chi connectivity index (χ4v) is 2.80. The first-order valence-corrected chi connectivity index (χ1v) is 10.0. The van der Waals surface area contributed by atoms with Crippen LogP contribution in [0.15, 0.2) is 12.5 Å². The molecule has 0 fully saturated rings. The number of imidazole rings is 1. The number of hydrogen-bond acceptors (Lipinski definition) is 7. The molecule has 0 radical (unpaired) electrons. The van der Waals surface area contributed by atoms with Crippen molar-refractivity contribution in [2.75, 3.05) is 6.54 Å². The lowest BCUT2D eigenvalue weighted by Crippen LogP contribution is -2.56. The Morgan fingerprint density at radius 3 is 2.22 bits per heavy atom. The van der Waals surface area contributed by atoms with Gasteiger partial charge in [0.15, 0.2) is 0 Å². The quantitative estimate of drug-likeness (QED) is 0.171. The number of aromatic nitrogens is 2. The van der Waals surface area contributed by atoms with E-state index in [1.54, 1.807) is 0 Å². The van der Waals surface area contributed by atoms with E-state index in [1.165, 1.54) is 12.5 Å². The number of carboxylic acid groups (broad SMARTS) is 2. The minimum Gasteiger partial charge on any atom is -0.481 e. The van der Waals surface area contributed by atoms with E-state index in [9.17, 15) is 24.0 Å². The molecule has 8 N–H and O–H groups in total. The molecule has 0 bridgehead atoms. The predicted octanol–water partition coefficient (Wildman–Crippen LogP) is -1.64.